The number of carbonyl (C=O) groups excluding carboxylic acids is 1. The van der Waals surface area contributed by atoms with Gasteiger partial charge in [-0.2, -0.15) is 0 Å². The van der Waals surface area contributed by atoms with E-state index < -0.39 is 0 Å². The maximum Gasteiger partial charge on any atom is 0.271 e. The fourth-order valence-electron chi connectivity index (χ4n) is 2.88. The van der Waals surface area contributed by atoms with Crippen LogP contribution in [0.3, 0.4) is 0 Å². The quantitative estimate of drug-likeness (QED) is 0.867. The van der Waals surface area contributed by atoms with E-state index in [2.05, 4.69) is 27.5 Å². The first kappa shape index (κ1) is 14.8. The molecule has 1 saturated carbocycles. The van der Waals surface area contributed by atoms with Gasteiger partial charge in [-0.05, 0) is 24.7 Å². The molecule has 1 aliphatic carbocycles. The molecular weight excluding hydrogens is 252 g/mol. The van der Waals surface area contributed by atoms with Crippen molar-refractivity contribution in [1.29, 1.82) is 0 Å². The molecule has 1 aromatic rings. The van der Waals surface area contributed by atoms with E-state index in [4.69, 9.17) is 0 Å². The second-order valence-corrected chi connectivity index (χ2v) is 5.72. The van der Waals surface area contributed by atoms with Crippen LogP contribution in [0, 0.1) is 11.8 Å². The van der Waals surface area contributed by atoms with Crippen molar-refractivity contribution in [2.45, 2.75) is 39.0 Å². The van der Waals surface area contributed by atoms with E-state index in [-0.39, 0.29) is 5.91 Å². The van der Waals surface area contributed by atoms with Crippen molar-refractivity contribution >= 4 is 11.7 Å². The van der Waals surface area contributed by atoms with Crippen molar-refractivity contribution in [3.05, 3.63) is 18.1 Å². The highest BCUT2D eigenvalue weighted by Gasteiger charge is 2.18. The molecule has 0 bridgehead atoms. The predicted octanol–water partition coefficient (Wildman–Crippen LogP) is 2.46. The van der Waals surface area contributed by atoms with Crippen LogP contribution in [0.15, 0.2) is 12.4 Å². The van der Waals surface area contributed by atoms with Crippen LogP contribution in [0.4, 0.5) is 5.82 Å². The van der Waals surface area contributed by atoms with E-state index in [1.807, 2.05) is 0 Å². The monoisotopic (exact) mass is 276 g/mol. The molecule has 1 fully saturated rings. The van der Waals surface area contributed by atoms with Crippen molar-refractivity contribution in [2.24, 2.45) is 11.8 Å². The first-order valence-electron chi connectivity index (χ1n) is 7.47. The summed E-state index contributed by atoms with van der Waals surface area (Å²) in [5, 5.41) is 5.81. The van der Waals surface area contributed by atoms with Gasteiger partial charge < -0.3 is 10.6 Å². The van der Waals surface area contributed by atoms with Crippen LogP contribution in [-0.2, 0) is 0 Å². The SMILES string of the molecule is CNc1cnc(C(=O)NCCC2CCCC(C)C2)cn1. The molecule has 20 heavy (non-hydrogen) atoms. The Kier molecular flexibility index (Phi) is 5.32. The molecule has 2 rings (SSSR count). The average molecular weight is 276 g/mol. The van der Waals surface area contributed by atoms with Gasteiger partial charge in [0, 0.05) is 13.6 Å². The zero-order valence-corrected chi connectivity index (χ0v) is 12.4. The summed E-state index contributed by atoms with van der Waals surface area (Å²) in [7, 11) is 1.77. The topological polar surface area (TPSA) is 66.9 Å². The maximum absolute atomic E-state index is 11.9. The fraction of sp³-hybridized carbons (Fsp3) is 0.667. The zero-order chi connectivity index (χ0) is 14.4. The number of carbonyl (C=O) groups is 1. The third-order valence-corrected chi connectivity index (χ3v) is 4.02. The highest BCUT2D eigenvalue weighted by atomic mass is 16.1. The molecule has 0 saturated heterocycles. The smallest absolute Gasteiger partial charge is 0.271 e. The second kappa shape index (κ2) is 7.22. The Morgan fingerprint density at radius 2 is 2.20 bits per heavy atom. The van der Waals surface area contributed by atoms with Gasteiger partial charge in [0.15, 0.2) is 0 Å². The van der Waals surface area contributed by atoms with Crippen LogP contribution < -0.4 is 10.6 Å². The van der Waals surface area contributed by atoms with Gasteiger partial charge in [-0.3, -0.25) is 4.79 Å². The number of rotatable bonds is 5. The van der Waals surface area contributed by atoms with Crippen molar-refractivity contribution in [1.82, 2.24) is 15.3 Å². The minimum absolute atomic E-state index is 0.135. The molecule has 2 N–H and O–H groups in total. The van der Waals surface area contributed by atoms with Gasteiger partial charge in [-0.1, -0.05) is 26.2 Å². The number of anilines is 1. The Labute approximate surface area is 120 Å². The van der Waals surface area contributed by atoms with Crippen molar-refractivity contribution in [3.8, 4) is 0 Å². The highest BCUT2D eigenvalue weighted by molar-refractivity contribution is 5.91. The number of amides is 1. The molecule has 5 heteroatoms. The predicted molar refractivity (Wildman–Crippen MR) is 79.7 cm³/mol. The van der Waals surface area contributed by atoms with Crippen LogP contribution >= 0.6 is 0 Å². The van der Waals surface area contributed by atoms with E-state index in [0.717, 1.165) is 24.8 Å². The molecule has 5 nitrogen and oxygen atoms in total. The van der Waals surface area contributed by atoms with Gasteiger partial charge >= 0.3 is 0 Å². The maximum atomic E-state index is 11.9. The highest BCUT2D eigenvalue weighted by Crippen LogP contribution is 2.30. The summed E-state index contributed by atoms with van der Waals surface area (Å²) in [6.07, 6.45) is 9.43. The molecule has 1 aliphatic rings. The number of hydrogen-bond acceptors (Lipinski definition) is 4. The molecule has 2 atom stereocenters. The minimum atomic E-state index is -0.135. The molecule has 1 amide bonds. The first-order valence-corrected chi connectivity index (χ1v) is 7.47. The van der Waals surface area contributed by atoms with Gasteiger partial charge in [-0.25, -0.2) is 9.97 Å². The summed E-state index contributed by atoms with van der Waals surface area (Å²) >= 11 is 0. The van der Waals surface area contributed by atoms with E-state index in [0.29, 0.717) is 11.5 Å². The lowest BCUT2D eigenvalue weighted by molar-refractivity contribution is 0.0944. The molecule has 1 heterocycles. The normalized spacial score (nSPS) is 22.3. The molecule has 1 aromatic heterocycles. The molecule has 0 spiro atoms. The molecule has 0 radical (unpaired) electrons. The average Bonchev–Trinajstić information content (AvgIpc) is 2.47. The van der Waals surface area contributed by atoms with Gasteiger partial charge in [0.05, 0.1) is 12.4 Å². The van der Waals surface area contributed by atoms with E-state index in [9.17, 15) is 4.79 Å². The van der Waals surface area contributed by atoms with Crippen LogP contribution in [0.5, 0.6) is 0 Å². The number of aromatic nitrogens is 2. The van der Waals surface area contributed by atoms with E-state index in [1.165, 1.54) is 31.9 Å². The van der Waals surface area contributed by atoms with Gasteiger partial charge in [0.1, 0.15) is 11.5 Å². The first-order chi connectivity index (χ1) is 9.69. The molecular formula is C15H24N4O. The zero-order valence-electron chi connectivity index (χ0n) is 12.4. The standard InChI is InChI=1S/C15H24N4O/c1-11-4-3-5-12(8-11)6-7-17-15(20)13-9-19-14(16-2)10-18-13/h9-12H,3-8H2,1-2H3,(H,16,19)(H,17,20). The van der Waals surface area contributed by atoms with Crippen LogP contribution in [0.1, 0.15) is 49.5 Å². The lowest BCUT2D eigenvalue weighted by Gasteiger charge is -2.26. The third-order valence-electron chi connectivity index (χ3n) is 4.02. The lowest BCUT2D eigenvalue weighted by atomic mass is 9.81. The molecule has 0 aromatic carbocycles. The van der Waals surface area contributed by atoms with Crippen LogP contribution in [0.25, 0.3) is 0 Å². The number of hydrogen-bond donors (Lipinski definition) is 2. The fourth-order valence-corrected chi connectivity index (χ4v) is 2.88. The Bertz CT molecular complexity index is 432. The van der Waals surface area contributed by atoms with Crippen molar-refractivity contribution in [3.63, 3.8) is 0 Å². The Morgan fingerprint density at radius 3 is 2.85 bits per heavy atom. The van der Waals surface area contributed by atoms with Crippen LogP contribution in [-0.4, -0.2) is 29.5 Å². The van der Waals surface area contributed by atoms with Gasteiger partial charge in [0.25, 0.3) is 5.91 Å². The summed E-state index contributed by atoms with van der Waals surface area (Å²) in [6.45, 7) is 3.05. The summed E-state index contributed by atoms with van der Waals surface area (Å²) in [5.74, 6) is 2.13. The summed E-state index contributed by atoms with van der Waals surface area (Å²) < 4.78 is 0. The second-order valence-electron chi connectivity index (χ2n) is 5.72. The number of nitrogens with zero attached hydrogens (tertiary/aromatic N) is 2. The summed E-state index contributed by atoms with van der Waals surface area (Å²) in [5.41, 5.74) is 0.376. The van der Waals surface area contributed by atoms with E-state index in [1.54, 1.807) is 13.2 Å². The van der Waals surface area contributed by atoms with Crippen molar-refractivity contribution in [2.75, 3.05) is 18.9 Å². The Hall–Kier alpha value is -1.65. The van der Waals surface area contributed by atoms with Gasteiger partial charge in [-0.15, -0.1) is 0 Å². The van der Waals surface area contributed by atoms with Crippen molar-refractivity contribution < 1.29 is 4.79 Å². The Morgan fingerprint density at radius 1 is 1.35 bits per heavy atom. The van der Waals surface area contributed by atoms with E-state index >= 15 is 0 Å². The molecule has 110 valence electrons. The molecule has 2 unspecified atom stereocenters. The summed E-state index contributed by atoms with van der Waals surface area (Å²) in [4.78, 5) is 20.1. The Balaban J connectivity index is 1.74. The lowest BCUT2D eigenvalue weighted by Crippen LogP contribution is -2.28. The number of nitrogens with one attached hydrogen (secondary N) is 2. The van der Waals surface area contributed by atoms with Crippen LogP contribution in [0.2, 0.25) is 0 Å². The third kappa shape index (κ3) is 4.18. The largest absolute Gasteiger partial charge is 0.372 e. The summed E-state index contributed by atoms with van der Waals surface area (Å²) in [6, 6.07) is 0. The molecule has 0 aliphatic heterocycles. The minimum Gasteiger partial charge on any atom is -0.372 e. The van der Waals surface area contributed by atoms with Gasteiger partial charge in [0.2, 0.25) is 0 Å².